The molecule has 0 aliphatic carbocycles. The summed E-state index contributed by atoms with van der Waals surface area (Å²) in [5, 5.41) is 0. The molecule has 1 heterocycles. The Kier molecular flexibility index (Phi) is 2.52. The highest BCUT2D eigenvalue weighted by atomic mass is 19.1. The molecule has 1 aromatic heterocycles. The highest BCUT2D eigenvalue weighted by Gasteiger charge is 2.14. The third kappa shape index (κ3) is 1.84. The van der Waals surface area contributed by atoms with E-state index in [9.17, 15) is 13.6 Å². The van der Waals surface area contributed by atoms with Crippen LogP contribution in [0.2, 0.25) is 0 Å². The van der Waals surface area contributed by atoms with E-state index < -0.39 is 17.4 Å². The minimum absolute atomic E-state index is 0.0268. The fraction of sp³-hybridized carbons (Fsp3) is 0.0909. The van der Waals surface area contributed by atoms with Gasteiger partial charge in [-0.25, -0.2) is 13.8 Å². The van der Waals surface area contributed by atoms with Crippen LogP contribution in [0, 0.1) is 11.6 Å². The maximum Gasteiger partial charge on any atom is 0.211 e. The summed E-state index contributed by atoms with van der Waals surface area (Å²) in [6, 6.07) is 2.72. The molecule has 2 rings (SSSR count). The third-order valence-electron chi connectivity index (χ3n) is 2.17. The first-order valence-electron chi connectivity index (χ1n) is 4.55. The van der Waals surface area contributed by atoms with Gasteiger partial charge in [-0.3, -0.25) is 4.79 Å². The summed E-state index contributed by atoms with van der Waals surface area (Å²) in [7, 11) is 1.63. The van der Waals surface area contributed by atoms with Crippen LogP contribution in [0.5, 0.6) is 0 Å². The molecule has 5 heteroatoms. The highest BCUT2D eigenvalue weighted by molar-refractivity contribution is 6.07. The molecule has 0 unspecified atom stereocenters. The second kappa shape index (κ2) is 3.84. The minimum atomic E-state index is -0.773. The van der Waals surface area contributed by atoms with Crippen molar-refractivity contribution in [1.29, 1.82) is 0 Å². The number of aromatic nitrogens is 2. The second-order valence-corrected chi connectivity index (χ2v) is 3.38. The Hall–Kier alpha value is -2.04. The van der Waals surface area contributed by atoms with Crippen LogP contribution in [-0.4, -0.2) is 15.3 Å². The molecule has 0 radical (unpaired) electrons. The summed E-state index contributed by atoms with van der Waals surface area (Å²) >= 11 is 0. The Labute approximate surface area is 90.3 Å². The molecule has 16 heavy (non-hydrogen) atoms. The Balaban J connectivity index is 2.45. The fourth-order valence-corrected chi connectivity index (χ4v) is 1.41. The summed E-state index contributed by atoms with van der Waals surface area (Å²) in [6.07, 6.45) is 2.80. The van der Waals surface area contributed by atoms with Crippen molar-refractivity contribution in [3.63, 3.8) is 0 Å². The number of carbonyl (C=O) groups is 1. The number of benzene rings is 1. The molecule has 0 aliphatic heterocycles. The first kappa shape index (κ1) is 10.5. The Morgan fingerprint density at radius 1 is 1.25 bits per heavy atom. The molecule has 0 N–H and O–H groups in total. The van der Waals surface area contributed by atoms with Gasteiger partial charge in [-0.15, -0.1) is 0 Å². The first-order valence-corrected chi connectivity index (χ1v) is 4.55. The van der Waals surface area contributed by atoms with Gasteiger partial charge in [0.05, 0.1) is 12.5 Å². The van der Waals surface area contributed by atoms with Crippen LogP contribution in [0.3, 0.4) is 0 Å². The summed E-state index contributed by atoms with van der Waals surface area (Å²) in [5.74, 6) is -2.01. The van der Waals surface area contributed by atoms with Crippen LogP contribution < -0.4 is 0 Å². The number of rotatable bonds is 2. The maximum atomic E-state index is 12.9. The van der Waals surface area contributed by atoms with Crippen LogP contribution in [-0.2, 0) is 7.05 Å². The number of hydrogen-bond donors (Lipinski definition) is 0. The van der Waals surface area contributed by atoms with Gasteiger partial charge in [-0.1, -0.05) is 0 Å². The van der Waals surface area contributed by atoms with Crippen LogP contribution in [0.25, 0.3) is 0 Å². The number of ketones is 1. The standard InChI is InChI=1S/C11H8F2N2O/c1-15-6-14-5-10(15)11(16)7-2-8(12)4-9(13)3-7/h2-6H,1H3. The predicted molar refractivity (Wildman–Crippen MR) is 53.0 cm³/mol. The molecule has 0 spiro atoms. The van der Waals surface area contributed by atoms with Crippen molar-refractivity contribution in [2.24, 2.45) is 7.05 Å². The molecule has 3 nitrogen and oxygen atoms in total. The minimum Gasteiger partial charge on any atom is -0.331 e. The zero-order valence-electron chi connectivity index (χ0n) is 8.45. The topological polar surface area (TPSA) is 34.9 Å². The lowest BCUT2D eigenvalue weighted by atomic mass is 10.1. The SMILES string of the molecule is Cn1cncc1C(=O)c1cc(F)cc(F)c1. The van der Waals surface area contributed by atoms with Gasteiger partial charge in [0.25, 0.3) is 0 Å². The summed E-state index contributed by atoms with van der Waals surface area (Å²) in [6.45, 7) is 0. The lowest BCUT2D eigenvalue weighted by Gasteiger charge is -2.02. The second-order valence-electron chi connectivity index (χ2n) is 3.38. The van der Waals surface area contributed by atoms with E-state index in [-0.39, 0.29) is 11.3 Å². The quantitative estimate of drug-likeness (QED) is 0.728. The monoisotopic (exact) mass is 222 g/mol. The average molecular weight is 222 g/mol. The molecule has 0 aliphatic rings. The lowest BCUT2D eigenvalue weighted by molar-refractivity contribution is 0.103. The molecule has 0 amide bonds. The molecule has 2 aromatic rings. The van der Waals surface area contributed by atoms with Crippen molar-refractivity contribution in [1.82, 2.24) is 9.55 Å². The van der Waals surface area contributed by atoms with Gasteiger partial charge in [-0.05, 0) is 12.1 Å². The molecule has 0 atom stereocenters. The van der Waals surface area contributed by atoms with E-state index in [1.54, 1.807) is 7.05 Å². The van der Waals surface area contributed by atoms with Crippen LogP contribution in [0.15, 0.2) is 30.7 Å². The Morgan fingerprint density at radius 2 is 1.88 bits per heavy atom. The smallest absolute Gasteiger partial charge is 0.211 e. The Morgan fingerprint density at radius 3 is 2.38 bits per heavy atom. The van der Waals surface area contributed by atoms with Crippen LogP contribution >= 0.6 is 0 Å². The van der Waals surface area contributed by atoms with E-state index in [0.29, 0.717) is 0 Å². The molecular weight excluding hydrogens is 214 g/mol. The number of imidazole rings is 1. The first-order chi connectivity index (χ1) is 7.58. The number of carbonyl (C=O) groups excluding carboxylic acids is 1. The average Bonchev–Trinajstić information content (AvgIpc) is 2.62. The van der Waals surface area contributed by atoms with E-state index in [0.717, 1.165) is 18.2 Å². The van der Waals surface area contributed by atoms with Gasteiger partial charge in [0, 0.05) is 18.7 Å². The molecule has 1 aromatic carbocycles. The van der Waals surface area contributed by atoms with Gasteiger partial charge in [-0.2, -0.15) is 0 Å². The highest BCUT2D eigenvalue weighted by Crippen LogP contribution is 2.12. The molecule has 0 fully saturated rings. The number of aryl methyl sites for hydroxylation is 1. The zero-order chi connectivity index (χ0) is 11.7. The van der Waals surface area contributed by atoms with Crippen molar-refractivity contribution in [3.8, 4) is 0 Å². The maximum absolute atomic E-state index is 12.9. The summed E-state index contributed by atoms with van der Waals surface area (Å²) < 4.78 is 27.3. The summed E-state index contributed by atoms with van der Waals surface area (Å²) in [4.78, 5) is 15.6. The number of nitrogens with zero attached hydrogens (tertiary/aromatic N) is 2. The molecule has 0 bridgehead atoms. The van der Waals surface area contributed by atoms with Crippen molar-refractivity contribution in [2.75, 3.05) is 0 Å². The van der Waals surface area contributed by atoms with Gasteiger partial charge in [0.15, 0.2) is 0 Å². The van der Waals surface area contributed by atoms with E-state index in [1.165, 1.54) is 17.1 Å². The largest absolute Gasteiger partial charge is 0.331 e. The fourth-order valence-electron chi connectivity index (χ4n) is 1.41. The van der Waals surface area contributed by atoms with Crippen molar-refractivity contribution < 1.29 is 13.6 Å². The van der Waals surface area contributed by atoms with Crippen LogP contribution in [0.1, 0.15) is 16.1 Å². The molecule has 82 valence electrons. The third-order valence-corrected chi connectivity index (χ3v) is 2.17. The Bertz CT molecular complexity index is 528. The van der Waals surface area contributed by atoms with E-state index in [4.69, 9.17) is 0 Å². The molecule has 0 saturated carbocycles. The van der Waals surface area contributed by atoms with E-state index in [2.05, 4.69) is 4.98 Å². The molecular formula is C11H8F2N2O. The van der Waals surface area contributed by atoms with Gasteiger partial charge < -0.3 is 4.57 Å². The van der Waals surface area contributed by atoms with Crippen molar-refractivity contribution >= 4 is 5.78 Å². The zero-order valence-corrected chi connectivity index (χ0v) is 8.45. The lowest BCUT2D eigenvalue weighted by Crippen LogP contribution is -2.07. The van der Waals surface area contributed by atoms with Gasteiger partial charge in [0.2, 0.25) is 5.78 Å². The van der Waals surface area contributed by atoms with Crippen molar-refractivity contribution in [2.45, 2.75) is 0 Å². The molecule has 0 saturated heterocycles. The van der Waals surface area contributed by atoms with Gasteiger partial charge in [0.1, 0.15) is 17.3 Å². The van der Waals surface area contributed by atoms with E-state index in [1.807, 2.05) is 0 Å². The number of hydrogen-bond acceptors (Lipinski definition) is 2. The van der Waals surface area contributed by atoms with Crippen LogP contribution in [0.4, 0.5) is 8.78 Å². The van der Waals surface area contributed by atoms with Gasteiger partial charge >= 0.3 is 0 Å². The van der Waals surface area contributed by atoms with E-state index >= 15 is 0 Å². The summed E-state index contributed by atoms with van der Waals surface area (Å²) in [5.41, 5.74) is 0.256. The number of halogens is 2. The normalized spacial score (nSPS) is 10.4. The predicted octanol–water partition coefficient (Wildman–Crippen LogP) is 1.93. The van der Waals surface area contributed by atoms with Crippen molar-refractivity contribution in [3.05, 3.63) is 53.6 Å².